The summed E-state index contributed by atoms with van der Waals surface area (Å²) in [5.41, 5.74) is 0. The second-order valence-electron chi connectivity index (χ2n) is 3.60. The minimum atomic E-state index is -4.05. The largest absolute Gasteiger partial charge is 1.00 e. The normalized spacial score (nSPS) is 12.9. The van der Waals surface area contributed by atoms with Gasteiger partial charge in [0.25, 0.3) is 0 Å². The number of rotatable bonds is 5. The van der Waals surface area contributed by atoms with E-state index >= 15 is 0 Å². The molecule has 4 nitrogen and oxygen atoms in total. The molecule has 0 spiro atoms. The first-order valence-corrected chi connectivity index (χ1v) is 7.11. The summed E-state index contributed by atoms with van der Waals surface area (Å²) in [6.07, 6.45) is -0.494. The molecule has 0 aliphatic rings. The Balaban J connectivity index is 0.00000180. The van der Waals surface area contributed by atoms with E-state index in [1.54, 1.807) is 54.6 Å². The van der Waals surface area contributed by atoms with E-state index < -0.39 is 13.9 Å². The van der Waals surface area contributed by atoms with E-state index in [0.717, 1.165) is 0 Å². The van der Waals surface area contributed by atoms with Crippen molar-refractivity contribution < 1.29 is 48.3 Å². The van der Waals surface area contributed by atoms with Crippen LogP contribution in [0.5, 0.6) is 11.5 Å². The molecule has 0 aromatic heterocycles. The van der Waals surface area contributed by atoms with Gasteiger partial charge in [-0.05, 0) is 24.3 Å². The van der Waals surface area contributed by atoms with Gasteiger partial charge in [-0.1, -0.05) is 36.4 Å². The van der Waals surface area contributed by atoms with Gasteiger partial charge in [-0.2, -0.15) is 0 Å². The quantitative estimate of drug-likeness (QED) is 0.557. The Bertz CT molecular complexity index is 533. The Kier molecular flexibility index (Phi) is 6.63. The summed E-state index contributed by atoms with van der Waals surface area (Å²) in [5, 5.41) is 0. The molecule has 0 radical (unpaired) electrons. The molecule has 0 N–H and O–H groups in total. The predicted molar refractivity (Wildman–Crippen MR) is 66.6 cm³/mol. The van der Waals surface area contributed by atoms with E-state index in [9.17, 15) is 9.46 Å². The van der Waals surface area contributed by atoms with Crippen molar-refractivity contribution in [2.24, 2.45) is 0 Å². The molecule has 0 bridgehead atoms. The molecular weight excluding hydrogens is 274 g/mol. The smallest absolute Gasteiger partial charge is 0.767 e. The van der Waals surface area contributed by atoms with E-state index in [4.69, 9.17) is 9.26 Å². The van der Waals surface area contributed by atoms with E-state index in [0.29, 0.717) is 5.75 Å². The minimum absolute atomic E-state index is 0. The van der Waals surface area contributed by atoms with Gasteiger partial charge >= 0.3 is 29.6 Å². The van der Waals surface area contributed by atoms with Crippen LogP contribution in [0.4, 0.5) is 0 Å². The van der Waals surface area contributed by atoms with Crippen LogP contribution in [0.2, 0.25) is 0 Å². The summed E-state index contributed by atoms with van der Waals surface area (Å²) in [5.74, 6) is 0.776. The zero-order valence-electron chi connectivity index (χ0n) is 10.6. The van der Waals surface area contributed by atoms with Gasteiger partial charge in [0.1, 0.15) is 11.5 Å². The second kappa shape index (κ2) is 7.73. The van der Waals surface area contributed by atoms with Crippen molar-refractivity contribution in [3.63, 3.8) is 0 Å². The third-order valence-electron chi connectivity index (χ3n) is 2.12. The summed E-state index contributed by atoms with van der Waals surface area (Å²) in [6.45, 7) is 0. The van der Waals surface area contributed by atoms with Gasteiger partial charge in [-0.15, -0.1) is 0 Å². The Hall–Kier alpha value is -0.770. The fourth-order valence-electron chi connectivity index (χ4n) is 1.34. The van der Waals surface area contributed by atoms with Crippen LogP contribution in [-0.2, 0) is 4.57 Å². The fraction of sp³-hybridized carbons (Fsp3) is 0.0769. The molecule has 2 aromatic rings. The summed E-state index contributed by atoms with van der Waals surface area (Å²) >= 11 is 0. The van der Waals surface area contributed by atoms with Crippen molar-refractivity contribution in [3.05, 3.63) is 60.7 Å². The van der Waals surface area contributed by atoms with E-state index in [1.807, 2.05) is 6.07 Å². The van der Waals surface area contributed by atoms with Crippen LogP contribution in [0.1, 0.15) is 0 Å². The first-order chi connectivity index (χ1) is 8.66. The maximum absolute atomic E-state index is 11.7. The van der Waals surface area contributed by atoms with Crippen molar-refractivity contribution in [1.82, 2.24) is 0 Å². The topological polar surface area (TPSA) is 58.6 Å². The second-order valence-corrected chi connectivity index (χ2v) is 5.26. The summed E-state index contributed by atoms with van der Waals surface area (Å²) < 4.78 is 21.7. The van der Waals surface area contributed by atoms with Crippen LogP contribution in [0.15, 0.2) is 60.7 Å². The predicted octanol–water partition coefficient (Wildman–Crippen LogP) is -0.341. The molecule has 1 unspecified atom stereocenters. The Morgan fingerprint density at radius 1 is 0.895 bits per heavy atom. The zero-order valence-corrected chi connectivity index (χ0v) is 13.5. The molecule has 0 heterocycles. The number of hydrogen-bond acceptors (Lipinski definition) is 4. The number of benzene rings is 2. The Morgan fingerprint density at radius 2 is 1.37 bits per heavy atom. The molecule has 0 saturated heterocycles. The van der Waals surface area contributed by atoms with Crippen LogP contribution in [-0.4, -0.2) is 6.35 Å². The van der Waals surface area contributed by atoms with Gasteiger partial charge in [0.2, 0.25) is 7.60 Å². The number of ether oxygens (including phenoxy) is 1. The Labute approximate surface area is 134 Å². The van der Waals surface area contributed by atoms with Gasteiger partial charge in [0, 0.05) is 0 Å². The number of para-hydroxylation sites is 2. The monoisotopic (exact) mass is 286 g/mol. The average molecular weight is 286 g/mol. The fourth-order valence-corrected chi connectivity index (χ4v) is 2.14. The number of hydrogen-bond donors (Lipinski definition) is 0. The molecule has 2 aromatic carbocycles. The van der Waals surface area contributed by atoms with Crippen molar-refractivity contribution >= 4 is 7.60 Å². The summed E-state index contributed by atoms with van der Waals surface area (Å²) in [7, 11) is -4.05. The van der Waals surface area contributed by atoms with Gasteiger partial charge in [0.15, 0.2) is 6.35 Å². The first kappa shape index (κ1) is 16.3. The Morgan fingerprint density at radius 3 is 1.89 bits per heavy atom. The van der Waals surface area contributed by atoms with Gasteiger partial charge in [0.05, 0.1) is 0 Å². The summed E-state index contributed by atoms with van der Waals surface area (Å²) in [6, 6.07) is 17.1. The molecule has 0 saturated carbocycles. The molecule has 0 aliphatic heterocycles. The SMILES string of the molecule is O=P([O-])(COc1ccccc1)Oc1ccccc1.[Na+]. The van der Waals surface area contributed by atoms with E-state index in [-0.39, 0.29) is 35.3 Å². The maximum Gasteiger partial charge on any atom is 1.00 e. The molecule has 1 atom stereocenters. The van der Waals surface area contributed by atoms with Crippen LogP contribution < -0.4 is 43.7 Å². The van der Waals surface area contributed by atoms with Gasteiger partial charge in [-0.25, -0.2) is 0 Å². The van der Waals surface area contributed by atoms with Crippen molar-refractivity contribution in [1.29, 1.82) is 0 Å². The molecule has 6 heteroatoms. The van der Waals surface area contributed by atoms with Crippen molar-refractivity contribution in [2.75, 3.05) is 6.35 Å². The van der Waals surface area contributed by atoms with Crippen molar-refractivity contribution in [3.8, 4) is 11.5 Å². The van der Waals surface area contributed by atoms with Crippen LogP contribution in [0.3, 0.4) is 0 Å². The van der Waals surface area contributed by atoms with Crippen molar-refractivity contribution in [2.45, 2.75) is 0 Å². The molecule has 0 amide bonds. The van der Waals surface area contributed by atoms with Crippen LogP contribution >= 0.6 is 7.60 Å². The van der Waals surface area contributed by atoms with E-state index in [2.05, 4.69) is 0 Å². The van der Waals surface area contributed by atoms with Gasteiger partial charge in [-0.3, -0.25) is 4.57 Å². The third kappa shape index (κ3) is 5.81. The third-order valence-corrected chi connectivity index (χ3v) is 3.05. The standard InChI is InChI=1S/C13H13O4P.Na/c14-18(15,17-13-9-5-2-6-10-13)11-16-12-7-3-1-4-8-12;/h1-10H,11H2,(H,14,15);/q;+1/p-1. The van der Waals surface area contributed by atoms with Crippen LogP contribution in [0, 0.1) is 0 Å². The molecule has 19 heavy (non-hydrogen) atoms. The first-order valence-electron chi connectivity index (χ1n) is 5.38. The molecule has 0 fully saturated rings. The van der Waals surface area contributed by atoms with E-state index in [1.165, 1.54) is 0 Å². The maximum atomic E-state index is 11.7. The zero-order chi connectivity index (χ0) is 12.8. The molecule has 94 valence electrons. The van der Waals surface area contributed by atoms with Crippen LogP contribution in [0.25, 0.3) is 0 Å². The average Bonchev–Trinajstić information content (AvgIpc) is 2.38. The minimum Gasteiger partial charge on any atom is -0.767 e. The molecule has 2 rings (SSSR count). The summed E-state index contributed by atoms with van der Waals surface area (Å²) in [4.78, 5) is 11.7. The van der Waals surface area contributed by atoms with Gasteiger partial charge < -0.3 is 14.2 Å². The molecular formula is C13H12NaO4P. The molecule has 0 aliphatic carbocycles.